The summed E-state index contributed by atoms with van der Waals surface area (Å²) < 4.78 is 14.4. The zero-order valence-corrected chi connectivity index (χ0v) is 9.58. The van der Waals surface area contributed by atoms with E-state index in [2.05, 4.69) is 15.6 Å². The van der Waals surface area contributed by atoms with E-state index in [9.17, 15) is 14.0 Å². The first-order chi connectivity index (χ1) is 9.06. The van der Waals surface area contributed by atoms with E-state index in [0.717, 1.165) is 12.1 Å². The summed E-state index contributed by atoms with van der Waals surface area (Å²) in [6.45, 7) is -0.0697. The molecule has 2 rings (SSSR count). The number of rotatable bonds is 4. The van der Waals surface area contributed by atoms with E-state index in [0.29, 0.717) is 0 Å². The quantitative estimate of drug-likeness (QED) is 0.849. The number of aromatic carboxylic acids is 1. The normalized spacial score (nSPS) is 10.2. The van der Waals surface area contributed by atoms with Crippen molar-refractivity contribution in [2.24, 2.45) is 0 Å². The molecule has 0 saturated heterocycles. The Hall–Kier alpha value is -2.77. The molecule has 0 radical (unpaired) electrons. The third-order valence-corrected chi connectivity index (χ3v) is 2.26. The van der Waals surface area contributed by atoms with Gasteiger partial charge in [0.15, 0.2) is 0 Å². The molecule has 0 unspecified atom stereocenters. The van der Waals surface area contributed by atoms with Crippen molar-refractivity contribution < 1.29 is 19.1 Å². The van der Waals surface area contributed by atoms with Gasteiger partial charge in [-0.25, -0.2) is 13.9 Å². The zero-order chi connectivity index (χ0) is 13.8. The lowest BCUT2D eigenvalue weighted by Crippen LogP contribution is -2.19. The number of hydrogen-bond donors (Lipinski definition) is 2. The van der Waals surface area contributed by atoms with Crippen molar-refractivity contribution in [2.75, 3.05) is 5.32 Å². The van der Waals surface area contributed by atoms with Crippen molar-refractivity contribution in [3.05, 3.63) is 42.0 Å². The number of anilines is 1. The van der Waals surface area contributed by atoms with Gasteiger partial charge in [-0.2, -0.15) is 0 Å². The molecule has 7 nitrogen and oxygen atoms in total. The maximum Gasteiger partial charge on any atom is 0.338 e. The average molecular weight is 264 g/mol. The van der Waals surface area contributed by atoms with Crippen molar-refractivity contribution >= 4 is 17.6 Å². The summed E-state index contributed by atoms with van der Waals surface area (Å²) in [5.74, 6) is -2.68. The van der Waals surface area contributed by atoms with Gasteiger partial charge in [-0.1, -0.05) is 5.21 Å². The standard InChI is InChI=1S/C11H9FN4O3/c12-9-2-1-7(5-8(9)11(18)19)14-10(17)6-16-4-3-13-15-16/h1-5H,6H2,(H,14,17)(H,18,19). The molecule has 8 heteroatoms. The van der Waals surface area contributed by atoms with Crippen LogP contribution < -0.4 is 5.32 Å². The second-order valence-corrected chi connectivity index (χ2v) is 3.65. The lowest BCUT2D eigenvalue weighted by Gasteiger charge is -2.06. The van der Waals surface area contributed by atoms with Crippen LogP contribution in [-0.2, 0) is 11.3 Å². The molecule has 0 atom stereocenters. The van der Waals surface area contributed by atoms with Gasteiger partial charge < -0.3 is 10.4 Å². The smallest absolute Gasteiger partial charge is 0.338 e. The minimum Gasteiger partial charge on any atom is -0.478 e. The number of amides is 1. The summed E-state index contributed by atoms with van der Waals surface area (Å²) in [5, 5.41) is 18.3. The largest absolute Gasteiger partial charge is 0.478 e. The van der Waals surface area contributed by atoms with Crippen LogP contribution in [0.3, 0.4) is 0 Å². The Morgan fingerprint density at radius 3 is 2.84 bits per heavy atom. The maximum absolute atomic E-state index is 13.1. The number of benzene rings is 1. The number of carboxylic acids is 1. The molecule has 0 saturated carbocycles. The topological polar surface area (TPSA) is 97.1 Å². The van der Waals surface area contributed by atoms with Crippen molar-refractivity contribution in [1.29, 1.82) is 0 Å². The second kappa shape index (κ2) is 5.25. The van der Waals surface area contributed by atoms with Crippen LogP contribution in [0.15, 0.2) is 30.6 Å². The molecular weight excluding hydrogens is 255 g/mol. The Bertz CT molecular complexity index is 612. The van der Waals surface area contributed by atoms with Gasteiger partial charge in [0.2, 0.25) is 5.91 Å². The number of halogens is 1. The fraction of sp³-hybridized carbons (Fsp3) is 0.0909. The summed E-state index contributed by atoms with van der Waals surface area (Å²) in [4.78, 5) is 22.3. The minimum absolute atomic E-state index is 0.0697. The highest BCUT2D eigenvalue weighted by molar-refractivity contribution is 5.93. The maximum atomic E-state index is 13.1. The zero-order valence-electron chi connectivity index (χ0n) is 9.58. The number of carbonyl (C=O) groups is 2. The van der Waals surface area contributed by atoms with Gasteiger partial charge in [0, 0.05) is 11.9 Å². The van der Waals surface area contributed by atoms with Gasteiger partial charge in [-0.15, -0.1) is 5.10 Å². The van der Waals surface area contributed by atoms with Crippen molar-refractivity contribution in [3.63, 3.8) is 0 Å². The van der Waals surface area contributed by atoms with Crippen LogP contribution in [0.5, 0.6) is 0 Å². The number of aromatic nitrogens is 3. The predicted molar refractivity (Wildman–Crippen MR) is 62.0 cm³/mol. The Morgan fingerprint density at radius 1 is 1.42 bits per heavy atom. The molecule has 2 aromatic rings. The molecule has 1 amide bonds. The van der Waals surface area contributed by atoms with Crippen LogP contribution in [0.1, 0.15) is 10.4 Å². The Labute approximate surface area is 106 Å². The number of nitrogens with one attached hydrogen (secondary N) is 1. The first kappa shape index (κ1) is 12.7. The van der Waals surface area contributed by atoms with Gasteiger partial charge in [-0.3, -0.25) is 4.79 Å². The van der Waals surface area contributed by atoms with Gasteiger partial charge in [0.05, 0.1) is 11.8 Å². The van der Waals surface area contributed by atoms with Crippen LogP contribution in [-0.4, -0.2) is 32.0 Å². The van der Waals surface area contributed by atoms with E-state index in [1.54, 1.807) is 0 Å². The Balaban J connectivity index is 2.09. The van der Waals surface area contributed by atoms with E-state index in [-0.39, 0.29) is 12.2 Å². The van der Waals surface area contributed by atoms with Crippen molar-refractivity contribution in [2.45, 2.75) is 6.54 Å². The SMILES string of the molecule is O=C(Cn1ccnn1)Nc1ccc(F)c(C(=O)O)c1. The summed E-state index contributed by atoms with van der Waals surface area (Å²) >= 11 is 0. The molecule has 0 aliphatic rings. The van der Waals surface area contributed by atoms with Gasteiger partial charge in [0.1, 0.15) is 12.4 Å². The summed E-state index contributed by atoms with van der Waals surface area (Å²) in [6, 6.07) is 3.31. The molecule has 1 heterocycles. The average Bonchev–Trinajstić information content (AvgIpc) is 2.84. The first-order valence-electron chi connectivity index (χ1n) is 5.23. The van der Waals surface area contributed by atoms with Crippen LogP contribution in [0.2, 0.25) is 0 Å². The highest BCUT2D eigenvalue weighted by Crippen LogP contribution is 2.14. The molecule has 98 valence electrons. The molecular formula is C11H9FN4O3. The predicted octanol–water partition coefficient (Wildman–Crippen LogP) is 0.754. The number of hydrogen-bond acceptors (Lipinski definition) is 4. The van der Waals surface area contributed by atoms with Gasteiger partial charge in [-0.05, 0) is 18.2 Å². The summed E-state index contributed by atoms with van der Waals surface area (Å²) in [7, 11) is 0. The van der Waals surface area contributed by atoms with Crippen LogP contribution >= 0.6 is 0 Å². The fourth-order valence-electron chi connectivity index (χ4n) is 1.43. The third-order valence-electron chi connectivity index (χ3n) is 2.26. The molecule has 0 fully saturated rings. The molecule has 0 aliphatic heterocycles. The summed E-state index contributed by atoms with van der Waals surface area (Å²) in [6.07, 6.45) is 2.93. The molecule has 0 bridgehead atoms. The third kappa shape index (κ3) is 3.12. The van der Waals surface area contributed by atoms with Crippen molar-refractivity contribution in [3.8, 4) is 0 Å². The van der Waals surface area contributed by atoms with E-state index < -0.39 is 23.3 Å². The number of nitrogens with zero attached hydrogens (tertiary/aromatic N) is 3. The molecule has 0 spiro atoms. The van der Waals surface area contributed by atoms with E-state index in [1.165, 1.54) is 23.1 Å². The monoisotopic (exact) mass is 264 g/mol. The second-order valence-electron chi connectivity index (χ2n) is 3.65. The number of carboxylic acid groups (broad SMARTS) is 1. The minimum atomic E-state index is -1.40. The molecule has 1 aromatic heterocycles. The van der Waals surface area contributed by atoms with E-state index in [1.807, 2.05) is 0 Å². The fourth-order valence-corrected chi connectivity index (χ4v) is 1.43. The Kier molecular flexibility index (Phi) is 3.51. The van der Waals surface area contributed by atoms with Gasteiger partial charge in [0.25, 0.3) is 0 Å². The number of carbonyl (C=O) groups excluding carboxylic acids is 1. The van der Waals surface area contributed by atoms with Crippen LogP contribution in [0.25, 0.3) is 0 Å². The molecule has 1 aromatic carbocycles. The van der Waals surface area contributed by atoms with Crippen molar-refractivity contribution in [1.82, 2.24) is 15.0 Å². The lowest BCUT2D eigenvalue weighted by atomic mass is 10.2. The van der Waals surface area contributed by atoms with E-state index in [4.69, 9.17) is 5.11 Å². The molecule has 0 aliphatic carbocycles. The Morgan fingerprint density at radius 2 is 2.21 bits per heavy atom. The molecule has 19 heavy (non-hydrogen) atoms. The highest BCUT2D eigenvalue weighted by atomic mass is 19.1. The van der Waals surface area contributed by atoms with Gasteiger partial charge >= 0.3 is 5.97 Å². The van der Waals surface area contributed by atoms with Crippen LogP contribution in [0.4, 0.5) is 10.1 Å². The molecule has 2 N–H and O–H groups in total. The first-order valence-corrected chi connectivity index (χ1v) is 5.23. The van der Waals surface area contributed by atoms with Crippen LogP contribution in [0, 0.1) is 5.82 Å². The lowest BCUT2D eigenvalue weighted by molar-refractivity contribution is -0.116. The summed E-state index contributed by atoms with van der Waals surface area (Å²) in [5.41, 5.74) is -0.303. The van der Waals surface area contributed by atoms with E-state index >= 15 is 0 Å². The highest BCUT2D eigenvalue weighted by Gasteiger charge is 2.12.